The van der Waals surface area contributed by atoms with Crippen molar-refractivity contribution >= 4 is 5.91 Å². The summed E-state index contributed by atoms with van der Waals surface area (Å²) in [6.45, 7) is 2.69. The van der Waals surface area contributed by atoms with Crippen molar-refractivity contribution in [3.63, 3.8) is 0 Å². The zero-order chi connectivity index (χ0) is 16.8. The molecule has 1 unspecified atom stereocenters. The molecule has 0 aliphatic heterocycles. The molecule has 1 rings (SSSR count). The van der Waals surface area contributed by atoms with E-state index in [1.165, 1.54) is 44.9 Å². The van der Waals surface area contributed by atoms with Crippen LogP contribution in [-0.4, -0.2) is 12.5 Å². The topological polar surface area (TPSA) is 55.1 Å². The van der Waals surface area contributed by atoms with Crippen molar-refractivity contribution in [1.82, 2.24) is 5.32 Å². The Kier molecular flexibility index (Phi) is 11.2. The molecule has 1 amide bonds. The van der Waals surface area contributed by atoms with Crippen LogP contribution in [0.1, 0.15) is 82.7 Å². The van der Waals surface area contributed by atoms with Crippen molar-refractivity contribution in [2.45, 2.75) is 77.2 Å². The lowest BCUT2D eigenvalue weighted by Crippen LogP contribution is -2.33. The number of hydrogen-bond donors (Lipinski definition) is 2. The molecule has 0 spiro atoms. The van der Waals surface area contributed by atoms with Gasteiger partial charge in [0.1, 0.15) is 0 Å². The van der Waals surface area contributed by atoms with Gasteiger partial charge < -0.3 is 11.1 Å². The first-order valence-electron chi connectivity index (χ1n) is 9.32. The van der Waals surface area contributed by atoms with Gasteiger partial charge in [-0.15, -0.1) is 0 Å². The van der Waals surface area contributed by atoms with Gasteiger partial charge in [0, 0.05) is 13.0 Å². The van der Waals surface area contributed by atoms with Gasteiger partial charge in [0.2, 0.25) is 5.91 Å². The lowest BCUT2D eigenvalue weighted by Gasteiger charge is -2.17. The van der Waals surface area contributed by atoms with Crippen LogP contribution in [0.2, 0.25) is 0 Å². The van der Waals surface area contributed by atoms with Gasteiger partial charge in [-0.3, -0.25) is 4.79 Å². The maximum atomic E-state index is 12.0. The molecule has 1 atom stereocenters. The molecule has 0 saturated carbocycles. The molecule has 0 aliphatic rings. The van der Waals surface area contributed by atoms with Crippen LogP contribution in [0.4, 0.5) is 0 Å². The molecule has 23 heavy (non-hydrogen) atoms. The maximum Gasteiger partial charge on any atom is 0.220 e. The van der Waals surface area contributed by atoms with Crippen LogP contribution in [0, 0.1) is 0 Å². The van der Waals surface area contributed by atoms with Crippen molar-refractivity contribution in [1.29, 1.82) is 0 Å². The van der Waals surface area contributed by atoms with E-state index in [1.54, 1.807) is 0 Å². The number of rotatable bonds is 13. The second-order valence-corrected chi connectivity index (χ2v) is 6.34. The number of hydrogen-bond acceptors (Lipinski definition) is 2. The van der Waals surface area contributed by atoms with Gasteiger partial charge in [0.25, 0.3) is 0 Å². The van der Waals surface area contributed by atoms with E-state index in [-0.39, 0.29) is 11.9 Å². The molecule has 0 aliphatic carbocycles. The summed E-state index contributed by atoms with van der Waals surface area (Å²) in [7, 11) is 0. The lowest BCUT2D eigenvalue weighted by atomic mass is 10.1. The molecule has 0 aromatic heterocycles. The molecule has 1 aromatic carbocycles. The number of amides is 1. The standard InChI is InChI=1S/C20H34N2O/c1-2-3-4-5-6-7-8-9-13-16-20(23)22-19(17-21)18-14-11-10-12-15-18/h10-12,14-15,19H,2-9,13,16-17,21H2,1H3,(H,22,23). The van der Waals surface area contributed by atoms with Crippen LogP contribution in [0.3, 0.4) is 0 Å². The molecule has 3 nitrogen and oxygen atoms in total. The van der Waals surface area contributed by atoms with E-state index >= 15 is 0 Å². The van der Waals surface area contributed by atoms with Crippen molar-refractivity contribution < 1.29 is 4.79 Å². The lowest BCUT2D eigenvalue weighted by molar-refractivity contribution is -0.121. The molecule has 0 saturated heterocycles. The molecule has 1 aromatic rings. The molecule has 0 bridgehead atoms. The number of nitrogens with one attached hydrogen (secondary N) is 1. The Balaban J connectivity index is 2.07. The van der Waals surface area contributed by atoms with Gasteiger partial charge in [-0.2, -0.15) is 0 Å². The highest BCUT2D eigenvalue weighted by Gasteiger charge is 2.12. The van der Waals surface area contributed by atoms with Crippen LogP contribution in [-0.2, 0) is 4.79 Å². The fourth-order valence-corrected chi connectivity index (χ4v) is 2.83. The number of carbonyl (C=O) groups is 1. The van der Waals surface area contributed by atoms with Crippen LogP contribution < -0.4 is 11.1 Å². The Morgan fingerprint density at radius 3 is 2.09 bits per heavy atom. The third kappa shape index (κ3) is 9.39. The first kappa shape index (κ1) is 19.7. The molecular weight excluding hydrogens is 284 g/mol. The third-order valence-corrected chi connectivity index (χ3v) is 4.28. The smallest absolute Gasteiger partial charge is 0.220 e. The Bertz CT molecular complexity index is 405. The van der Waals surface area contributed by atoms with Crippen molar-refractivity contribution in [2.75, 3.05) is 6.54 Å². The molecule has 0 fully saturated rings. The monoisotopic (exact) mass is 318 g/mol. The largest absolute Gasteiger partial charge is 0.348 e. The van der Waals surface area contributed by atoms with Crippen LogP contribution in [0.15, 0.2) is 30.3 Å². The summed E-state index contributed by atoms with van der Waals surface area (Å²) < 4.78 is 0. The summed E-state index contributed by atoms with van der Waals surface area (Å²) in [5.74, 6) is 0.118. The van der Waals surface area contributed by atoms with Gasteiger partial charge in [-0.1, -0.05) is 88.6 Å². The van der Waals surface area contributed by atoms with Crippen LogP contribution in [0.25, 0.3) is 0 Å². The minimum absolute atomic E-state index is 0.0673. The first-order chi connectivity index (χ1) is 11.3. The molecule has 0 heterocycles. The summed E-state index contributed by atoms with van der Waals surface area (Å²) in [6, 6.07) is 9.88. The number of carbonyl (C=O) groups excluding carboxylic acids is 1. The fraction of sp³-hybridized carbons (Fsp3) is 0.650. The Morgan fingerprint density at radius 2 is 1.52 bits per heavy atom. The second-order valence-electron chi connectivity index (χ2n) is 6.34. The van der Waals surface area contributed by atoms with E-state index < -0.39 is 0 Å². The van der Waals surface area contributed by atoms with Gasteiger partial charge in [0.15, 0.2) is 0 Å². The van der Waals surface area contributed by atoms with Crippen LogP contribution >= 0.6 is 0 Å². The van der Waals surface area contributed by atoms with Crippen molar-refractivity contribution in [3.05, 3.63) is 35.9 Å². The number of nitrogens with two attached hydrogens (primary N) is 1. The maximum absolute atomic E-state index is 12.0. The molecular formula is C20H34N2O. The van der Waals surface area contributed by atoms with Crippen molar-refractivity contribution in [2.24, 2.45) is 5.73 Å². The normalized spacial score (nSPS) is 12.1. The minimum atomic E-state index is -0.0673. The highest BCUT2D eigenvalue weighted by molar-refractivity contribution is 5.76. The van der Waals surface area contributed by atoms with E-state index in [0.717, 1.165) is 18.4 Å². The minimum Gasteiger partial charge on any atom is -0.348 e. The molecule has 130 valence electrons. The zero-order valence-corrected chi connectivity index (χ0v) is 14.7. The molecule has 3 N–H and O–H groups in total. The quantitative estimate of drug-likeness (QED) is 0.517. The fourth-order valence-electron chi connectivity index (χ4n) is 2.83. The Labute approximate surface area is 142 Å². The highest BCUT2D eigenvalue weighted by atomic mass is 16.1. The van der Waals surface area contributed by atoms with E-state index in [1.807, 2.05) is 30.3 Å². The zero-order valence-electron chi connectivity index (χ0n) is 14.7. The van der Waals surface area contributed by atoms with E-state index in [0.29, 0.717) is 13.0 Å². The molecule has 3 heteroatoms. The average molecular weight is 319 g/mol. The number of benzene rings is 1. The SMILES string of the molecule is CCCCCCCCCCCC(=O)NC(CN)c1ccccc1. The summed E-state index contributed by atoms with van der Waals surface area (Å²) in [5, 5.41) is 3.04. The van der Waals surface area contributed by atoms with Crippen molar-refractivity contribution in [3.8, 4) is 0 Å². The predicted molar refractivity (Wildman–Crippen MR) is 98.2 cm³/mol. The highest BCUT2D eigenvalue weighted by Crippen LogP contribution is 2.13. The average Bonchev–Trinajstić information content (AvgIpc) is 2.59. The van der Waals surface area contributed by atoms with E-state index in [4.69, 9.17) is 5.73 Å². The van der Waals surface area contributed by atoms with E-state index in [9.17, 15) is 4.79 Å². The van der Waals surface area contributed by atoms with Gasteiger partial charge >= 0.3 is 0 Å². The van der Waals surface area contributed by atoms with Gasteiger partial charge in [-0.25, -0.2) is 0 Å². The summed E-state index contributed by atoms with van der Waals surface area (Å²) in [6.07, 6.45) is 12.1. The van der Waals surface area contributed by atoms with Gasteiger partial charge in [-0.05, 0) is 12.0 Å². The van der Waals surface area contributed by atoms with Gasteiger partial charge in [0.05, 0.1) is 6.04 Å². The second kappa shape index (κ2) is 13.1. The molecule has 0 radical (unpaired) electrons. The first-order valence-corrected chi connectivity index (χ1v) is 9.32. The number of unbranched alkanes of at least 4 members (excludes halogenated alkanes) is 8. The summed E-state index contributed by atoms with van der Waals surface area (Å²) in [5.41, 5.74) is 6.86. The van der Waals surface area contributed by atoms with Crippen LogP contribution in [0.5, 0.6) is 0 Å². The summed E-state index contributed by atoms with van der Waals surface area (Å²) in [4.78, 5) is 12.0. The Hall–Kier alpha value is -1.35. The predicted octanol–water partition coefficient (Wildman–Crippen LogP) is 4.72. The Morgan fingerprint density at radius 1 is 0.957 bits per heavy atom. The third-order valence-electron chi connectivity index (χ3n) is 4.28. The van der Waals surface area contributed by atoms with E-state index in [2.05, 4.69) is 12.2 Å². The summed E-state index contributed by atoms with van der Waals surface area (Å²) >= 11 is 0.